The van der Waals surface area contributed by atoms with Gasteiger partial charge in [-0.15, -0.1) is 6.58 Å². The Morgan fingerprint density at radius 2 is 1.75 bits per heavy atom. The van der Waals surface area contributed by atoms with Crippen LogP contribution >= 0.6 is 11.6 Å². The number of rotatable bonds is 7. The first kappa shape index (κ1) is 29.3. The van der Waals surface area contributed by atoms with Crippen LogP contribution in [-0.4, -0.2) is 39.7 Å². The zero-order valence-electron chi connectivity index (χ0n) is 24.5. The number of benzene rings is 4. The Morgan fingerprint density at radius 1 is 1.02 bits per heavy atom. The summed E-state index contributed by atoms with van der Waals surface area (Å²) in [5.74, 6) is 0.776. The summed E-state index contributed by atoms with van der Waals surface area (Å²) in [6, 6.07) is 20.3. The Hall–Kier alpha value is -4.75. The molecular weight excluding hydrogens is 577 g/mol. The van der Waals surface area contributed by atoms with Crippen molar-refractivity contribution in [3.63, 3.8) is 0 Å². The van der Waals surface area contributed by atoms with Crippen molar-refractivity contribution in [2.24, 2.45) is 0 Å². The minimum Gasteiger partial charge on any atom is -0.491 e. The van der Waals surface area contributed by atoms with E-state index in [9.17, 15) is 14.0 Å². The zero-order chi connectivity index (χ0) is 31.0. The lowest BCUT2D eigenvalue weighted by Crippen LogP contribution is -2.33. The molecular formula is C36H31ClFN3O3. The van der Waals surface area contributed by atoms with Crippen molar-refractivity contribution in [2.75, 3.05) is 13.2 Å². The fraction of sp³-hybridized carbons (Fsp3) is 0.194. The highest BCUT2D eigenvalue weighted by Gasteiger charge is 2.25. The third-order valence-corrected chi connectivity index (χ3v) is 8.38. The minimum atomic E-state index is -0.494. The standard InChI is InChI=1S/C36H31ClFN3O3/c1-4-6-28-26(5-2)29(13-12-27(28)21(3)42)36(43)41-15-16-44-34-14-11-24(17-25(34)20-41)22-7-9-23(10-8-22)35-39-32-18-30(37)31(38)19-33(32)40-35/h4,7-14,17-19H,1,5-6,15-16,20H2,2-3H3,(H,39,40). The fourth-order valence-electron chi connectivity index (χ4n) is 5.88. The number of aromatic nitrogens is 2. The second kappa shape index (κ2) is 12.1. The van der Waals surface area contributed by atoms with Gasteiger partial charge in [0.2, 0.25) is 0 Å². The van der Waals surface area contributed by atoms with Crippen LogP contribution in [0.2, 0.25) is 5.02 Å². The quantitative estimate of drug-likeness (QED) is 0.149. The summed E-state index contributed by atoms with van der Waals surface area (Å²) in [5.41, 5.74) is 7.93. The molecule has 0 saturated carbocycles. The van der Waals surface area contributed by atoms with Crippen LogP contribution in [0.4, 0.5) is 4.39 Å². The van der Waals surface area contributed by atoms with Crippen LogP contribution < -0.4 is 4.74 Å². The number of amides is 1. The molecule has 5 aromatic rings. The second-order valence-electron chi connectivity index (χ2n) is 10.9. The molecule has 0 bridgehead atoms. The van der Waals surface area contributed by atoms with E-state index in [1.165, 1.54) is 12.1 Å². The summed E-state index contributed by atoms with van der Waals surface area (Å²) in [7, 11) is 0. The Balaban J connectivity index is 1.27. The number of Topliss-reactive ketones (excluding diaryl/α,β-unsaturated/α-hetero) is 1. The number of allylic oxidation sites excluding steroid dienone is 1. The van der Waals surface area contributed by atoms with Gasteiger partial charge < -0.3 is 14.6 Å². The molecule has 0 aliphatic carbocycles. The molecule has 0 radical (unpaired) electrons. The summed E-state index contributed by atoms with van der Waals surface area (Å²) in [5, 5.41) is 0.0347. The first-order valence-electron chi connectivity index (χ1n) is 14.5. The molecule has 6 rings (SSSR count). The Kier molecular flexibility index (Phi) is 8.06. The van der Waals surface area contributed by atoms with Crippen LogP contribution in [0.1, 0.15) is 51.3 Å². The molecule has 222 valence electrons. The van der Waals surface area contributed by atoms with E-state index in [2.05, 4.69) is 22.6 Å². The largest absolute Gasteiger partial charge is 0.491 e. The molecule has 8 heteroatoms. The fourth-order valence-corrected chi connectivity index (χ4v) is 6.04. The number of aromatic amines is 1. The van der Waals surface area contributed by atoms with Gasteiger partial charge in [-0.1, -0.05) is 61.0 Å². The molecule has 2 heterocycles. The van der Waals surface area contributed by atoms with Gasteiger partial charge in [0.15, 0.2) is 5.78 Å². The van der Waals surface area contributed by atoms with Gasteiger partial charge >= 0.3 is 0 Å². The summed E-state index contributed by atoms with van der Waals surface area (Å²) < 4.78 is 19.9. The molecule has 0 unspecified atom stereocenters. The number of hydrogen-bond acceptors (Lipinski definition) is 4. The van der Waals surface area contributed by atoms with Crippen LogP contribution in [0.5, 0.6) is 5.75 Å². The number of carbonyl (C=O) groups excluding carboxylic acids is 2. The first-order chi connectivity index (χ1) is 21.3. The number of hydrogen-bond donors (Lipinski definition) is 1. The maximum absolute atomic E-state index is 13.9. The van der Waals surface area contributed by atoms with Crippen LogP contribution in [0, 0.1) is 5.82 Å². The van der Waals surface area contributed by atoms with Gasteiger partial charge in [0, 0.05) is 34.9 Å². The molecule has 0 fully saturated rings. The van der Waals surface area contributed by atoms with E-state index in [0.717, 1.165) is 39.1 Å². The molecule has 1 aliphatic heterocycles. The van der Waals surface area contributed by atoms with Crippen LogP contribution in [0.15, 0.2) is 79.4 Å². The predicted molar refractivity (Wildman–Crippen MR) is 172 cm³/mol. The van der Waals surface area contributed by atoms with E-state index in [0.29, 0.717) is 60.5 Å². The van der Waals surface area contributed by atoms with Gasteiger partial charge in [0.25, 0.3) is 5.91 Å². The van der Waals surface area contributed by atoms with Gasteiger partial charge in [-0.25, -0.2) is 9.37 Å². The van der Waals surface area contributed by atoms with E-state index in [4.69, 9.17) is 16.3 Å². The highest BCUT2D eigenvalue weighted by molar-refractivity contribution is 6.31. The van der Waals surface area contributed by atoms with Gasteiger partial charge in [0.1, 0.15) is 24.0 Å². The number of fused-ring (bicyclic) bond motifs is 2. The minimum absolute atomic E-state index is 0.0221. The molecule has 1 N–H and O–H groups in total. The molecule has 4 aromatic carbocycles. The Morgan fingerprint density at radius 3 is 2.48 bits per heavy atom. The monoisotopic (exact) mass is 607 g/mol. The number of halogens is 2. The molecule has 6 nitrogen and oxygen atoms in total. The Bertz CT molecular complexity index is 1890. The van der Waals surface area contributed by atoms with Crippen molar-refractivity contribution in [1.29, 1.82) is 0 Å². The van der Waals surface area contributed by atoms with Crippen molar-refractivity contribution >= 4 is 34.3 Å². The lowest BCUT2D eigenvalue weighted by atomic mass is 9.90. The molecule has 1 amide bonds. The average molecular weight is 608 g/mol. The maximum atomic E-state index is 13.9. The smallest absolute Gasteiger partial charge is 0.254 e. The second-order valence-corrected chi connectivity index (χ2v) is 11.3. The number of nitrogens with one attached hydrogen (secondary N) is 1. The van der Waals surface area contributed by atoms with Crippen LogP contribution in [0.3, 0.4) is 0 Å². The van der Waals surface area contributed by atoms with E-state index in [1.807, 2.05) is 48.2 Å². The highest BCUT2D eigenvalue weighted by atomic mass is 35.5. The molecule has 0 saturated heterocycles. The van der Waals surface area contributed by atoms with E-state index in [1.54, 1.807) is 25.1 Å². The van der Waals surface area contributed by atoms with Crippen molar-refractivity contribution < 1.29 is 18.7 Å². The highest BCUT2D eigenvalue weighted by Crippen LogP contribution is 2.32. The maximum Gasteiger partial charge on any atom is 0.254 e. The number of carbonyl (C=O) groups is 2. The van der Waals surface area contributed by atoms with Crippen molar-refractivity contribution in [1.82, 2.24) is 14.9 Å². The SMILES string of the molecule is C=CCc1c(C(C)=O)ccc(C(=O)N2CCOc3ccc(-c4ccc(-c5nc6cc(Cl)c(F)cc6[nH]5)cc4)cc3C2)c1CC. The third kappa shape index (κ3) is 5.51. The molecule has 0 atom stereocenters. The molecule has 0 spiro atoms. The predicted octanol–water partition coefficient (Wildman–Crippen LogP) is 8.22. The van der Waals surface area contributed by atoms with Crippen LogP contribution in [0.25, 0.3) is 33.5 Å². The third-order valence-electron chi connectivity index (χ3n) is 8.09. The molecule has 44 heavy (non-hydrogen) atoms. The van der Waals surface area contributed by atoms with E-state index in [-0.39, 0.29) is 16.7 Å². The number of imidazole rings is 1. The first-order valence-corrected chi connectivity index (χ1v) is 14.9. The normalized spacial score (nSPS) is 12.9. The number of ketones is 1. The Labute approximate surface area is 260 Å². The lowest BCUT2D eigenvalue weighted by molar-refractivity contribution is 0.0731. The van der Waals surface area contributed by atoms with Gasteiger partial charge in [-0.3, -0.25) is 9.59 Å². The average Bonchev–Trinajstić information content (AvgIpc) is 3.30. The number of H-pyrrole nitrogens is 1. The summed E-state index contributed by atoms with van der Waals surface area (Å²) in [6.07, 6.45) is 2.93. The topological polar surface area (TPSA) is 75.3 Å². The summed E-state index contributed by atoms with van der Waals surface area (Å²) in [6.45, 7) is 8.63. The summed E-state index contributed by atoms with van der Waals surface area (Å²) >= 11 is 5.92. The molecule has 1 aliphatic rings. The van der Waals surface area contributed by atoms with E-state index >= 15 is 0 Å². The van der Waals surface area contributed by atoms with Crippen molar-refractivity contribution in [3.05, 3.63) is 118 Å². The van der Waals surface area contributed by atoms with E-state index < -0.39 is 5.82 Å². The summed E-state index contributed by atoms with van der Waals surface area (Å²) in [4.78, 5) is 35.8. The van der Waals surface area contributed by atoms with Crippen LogP contribution in [-0.2, 0) is 19.4 Å². The lowest BCUT2D eigenvalue weighted by Gasteiger charge is -2.23. The number of ether oxygens (including phenoxy) is 1. The molecule has 1 aromatic heterocycles. The van der Waals surface area contributed by atoms with Crippen molar-refractivity contribution in [2.45, 2.75) is 33.2 Å². The van der Waals surface area contributed by atoms with Gasteiger partial charge in [-0.05, 0) is 66.3 Å². The van der Waals surface area contributed by atoms with Gasteiger partial charge in [0.05, 0.1) is 22.6 Å². The van der Waals surface area contributed by atoms with Gasteiger partial charge in [-0.2, -0.15) is 0 Å². The number of nitrogens with zero attached hydrogens (tertiary/aromatic N) is 2. The van der Waals surface area contributed by atoms with Crippen molar-refractivity contribution in [3.8, 4) is 28.3 Å². The zero-order valence-corrected chi connectivity index (χ0v) is 25.3.